The lowest BCUT2D eigenvalue weighted by Crippen LogP contribution is -2.23. The van der Waals surface area contributed by atoms with Crippen molar-refractivity contribution in [2.45, 2.75) is 6.54 Å². The first-order chi connectivity index (χ1) is 13.2. The number of rotatable bonds is 6. The van der Waals surface area contributed by atoms with Crippen LogP contribution in [0.15, 0.2) is 66.9 Å². The Kier molecular flexibility index (Phi) is 5.65. The third-order valence-electron chi connectivity index (χ3n) is 3.93. The second-order valence-electron chi connectivity index (χ2n) is 5.74. The predicted octanol–water partition coefficient (Wildman–Crippen LogP) is 3.64. The second-order valence-corrected chi connectivity index (χ2v) is 5.74. The van der Waals surface area contributed by atoms with Crippen molar-refractivity contribution in [3.8, 4) is 11.8 Å². The SMILES string of the molecule is COc1ccc(CNC(=O)c2cc(Nc3ccccc3C#N)ccn2)cc1. The average Bonchev–Trinajstić information content (AvgIpc) is 2.73. The molecule has 1 heterocycles. The van der Waals surface area contributed by atoms with Crippen LogP contribution in [0.2, 0.25) is 0 Å². The molecule has 0 aliphatic heterocycles. The molecule has 6 heteroatoms. The topological polar surface area (TPSA) is 87.0 Å². The minimum atomic E-state index is -0.275. The van der Waals surface area contributed by atoms with Crippen LogP contribution in [0.5, 0.6) is 5.75 Å². The van der Waals surface area contributed by atoms with Crippen molar-refractivity contribution in [1.29, 1.82) is 5.26 Å². The van der Waals surface area contributed by atoms with Gasteiger partial charge in [-0.05, 0) is 42.0 Å². The molecule has 2 aromatic carbocycles. The molecule has 0 saturated heterocycles. The Morgan fingerprint density at radius 2 is 1.93 bits per heavy atom. The summed E-state index contributed by atoms with van der Waals surface area (Å²) in [7, 11) is 1.61. The summed E-state index contributed by atoms with van der Waals surface area (Å²) in [5.74, 6) is 0.492. The number of carbonyl (C=O) groups is 1. The molecule has 0 unspecified atom stereocenters. The number of hydrogen-bond acceptors (Lipinski definition) is 5. The smallest absolute Gasteiger partial charge is 0.270 e. The highest BCUT2D eigenvalue weighted by molar-refractivity contribution is 5.93. The molecule has 134 valence electrons. The number of para-hydroxylation sites is 1. The van der Waals surface area contributed by atoms with E-state index in [-0.39, 0.29) is 5.91 Å². The maximum Gasteiger partial charge on any atom is 0.270 e. The number of methoxy groups -OCH3 is 1. The molecule has 0 radical (unpaired) electrons. The first-order valence-electron chi connectivity index (χ1n) is 8.33. The van der Waals surface area contributed by atoms with Crippen LogP contribution in [0, 0.1) is 11.3 Å². The number of pyridine rings is 1. The van der Waals surface area contributed by atoms with Gasteiger partial charge >= 0.3 is 0 Å². The zero-order chi connectivity index (χ0) is 19.1. The van der Waals surface area contributed by atoms with Gasteiger partial charge in [0.05, 0.1) is 18.4 Å². The van der Waals surface area contributed by atoms with E-state index in [4.69, 9.17) is 4.74 Å². The molecule has 3 aromatic rings. The van der Waals surface area contributed by atoms with Crippen molar-refractivity contribution in [3.63, 3.8) is 0 Å². The van der Waals surface area contributed by atoms with Crippen LogP contribution in [0.3, 0.4) is 0 Å². The van der Waals surface area contributed by atoms with Gasteiger partial charge in [0.15, 0.2) is 0 Å². The molecule has 0 spiro atoms. The summed E-state index contributed by atoms with van der Waals surface area (Å²) in [5, 5.41) is 15.2. The van der Waals surface area contributed by atoms with E-state index >= 15 is 0 Å². The molecule has 0 fully saturated rings. The predicted molar refractivity (Wildman–Crippen MR) is 103 cm³/mol. The van der Waals surface area contributed by atoms with Gasteiger partial charge in [-0.3, -0.25) is 9.78 Å². The number of anilines is 2. The van der Waals surface area contributed by atoms with Gasteiger partial charge < -0.3 is 15.4 Å². The fourth-order valence-corrected chi connectivity index (χ4v) is 2.49. The van der Waals surface area contributed by atoms with Crippen LogP contribution < -0.4 is 15.4 Å². The van der Waals surface area contributed by atoms with Gasteiger partial charge in [-0.2, -0.15) is 5.26 Å². The molecule has 0 atom stereocenters. The van der Waals surface area contributed by atoms with Gasteiger partial charge in [-0.15, -0.1) is 0 Å². The van der Waals surface area contributed by atoms with E-state index in [1.54, 1.807) is 37.6 Å². The molecule has 0 saturated carbocycles. The van der Waals surface area contributed by atoms with Crippen LogP contribution in [-0.2, 0) is 6.54 Å². The summed E-state index contributed by atoms with van der Waals surface area (Å²) in [4.78, 5) is 16.5. The Morgan fingerprint density at radius 3 is 2.67 bits per heavy atom. The maximum absolute atomic E-state index is 12.4. The molecule has 2 N–H and O–H groups in total. The summed E-state index contributed by atoms with van der Waals surface area (Å²) >= 11 is 0. The van der Waals surface area contributed by atoms with Crippen molar-refractivity contribution < 1.29 is 9.53 Å². The van der Waals surface area contributed by atoms with Crippen LogP contribution in [0.1, 0.15) is 21.6 Å². The number of aromatic nitrogens is 1. The highest BCUT2D eigenvalue weighted by atomic mass is 16.5. The van der Waals surface area contributed by atoms with Crippen molar-refractivity contribution in [1.82, 2.24) is 10.3 Å². The van der Waals surface area contributed by atoms with Gasteiger partial charge in [-0.1, -0.05) is 24.3 Å². The zero-order valence-corrected chi connectivity index (χ0v) is 14.8. The third kappa shape index (κ3) is 4.61. The van der Waals surface area contributed by atoms with Crippen molar-refractivity contribution in [3.05, 3.63) is 83.7 Å². The molecule has 0 aliphatic rings. The summed E-state index contributed by atoms with van der Waals surface area (Å²) in [6.07, 6.45) is 1.56. The van der Waals surface area contributed by atoms with Crippen LogP contribution in [-0.4, -0.2) is 18.0 Å². The normalized spacial score (nSPS) is 9.93. The maximum atomic E-state index is 12.4. The number of nitriles is 1. The van der Waals surface area contributed by atoms with E-state index in [2.05, 4.69) is 21.7 Å². The Balaban J connectivity index is 1.67. The highest BCUT2D eigenvalue weighted by Gasteiger charge is 2.09. The van der Waals surface area contributed by atoms with E-state index in [0.29, 0.717) is 29.2 Å². The van der Waals surface area contributed by atoms with Gasteiger partial charge in [-0.25, -0.2) is 0 Å². The monoisotopic (exact) mass is 358 g/mol. The standard InChI is InChI=1S/C21H18N4O2/c1-27-18-8-6-15(7-9-18)14-24-21(26)20-12-17(10-11-23-20)25-19-5-3-2-4-16(19)13-22/h2-12H,14H2,1H3,(H,23,25)(H,24,26). The Labute approximate surface area is 157 Å². The van der Waals surface area contributed by atoms with Gasteiger partial charge in [0.1, 0.15) is 17.5 Å². The molecule has 0 aliphatic carbocycles. The lowest BCUT2D eigenvalue weighted by Gasteiger charge is -2.10. The lowest BCUT2D eigenvalue weighted by molar-refractivity contribution is 0.0946. The van der Waals surface area contributed by atoms with Gasteiger partial charge in [0.2, 0.25) is 0 Å². The van der Waals surface area contributed by atoms with Crippen LogP contribution >= 0.6 is 0 Å². The van der Waals surface area contributed by atoms with E-state index in [0.717, 1.165) is 11.3 Å². The largest absolute Gasteiger partial charge is 0.497 e. The first-order valence-corrected chi connectivity index (χ1v) is 8.33. The second kappa shape index (κ2) is 8.50. The Hall–Kier alpha value is -3.85. The number of amides is 1. The number of ether oxygens (including phenoxy) is 1. The van der Waals surface area contributed by atoms with Crippen LogP contribution in [0.25, 0.3) is 0 Å². The van der Waals surface area contributed by atoms with Crippen molar-refractivity contribution in [2.24, 2.45) is 0 Å². The summed E-state index contributed by atoms with van der Waals surface area (Å²) in [6, 6.07) is 20.2. The summed E-state index contributed by atoms with van der Waals surface area (Å²) in [6.45, 7) is 0.388. The molecule has 0 bridgehead atoms. The zero-order valence-electron chi connectivity index (χ0n) is 14.8. The number of nitrogens with one attached hydrogen (secondary N) is 2. The molecule has 1 amide bonds. The van der Waals surface area contributed by atoms with Crippen molar-refractivity contribution >= 4 is 17.3 Å². The third-order valence-corrected chi connectivity index (χ3v) is 3.93. The van der Waals surface area contributed by atoms with E-state index in [9.17, 15) is 10.1 Å². The number of carbonyl (C=O) groups excluding carboxylic acids is 1. The summed E-state index contributed by atoms with van der Waals surface area (Å²) in [5.41, 5.74) is 3.14. The Morgan fingerprint density at radius 1 is 1.15 bits per heavy atom. The van der Waals surface area contributed by atoms with Crippen LogP contribution in [0.4, 0.5) is 11.4 Å². The summed E-state index contributed by atoms with van der Waals surface area (Å²) < 4.78 is 5.12. The molecule has 27 heavy (non-hydrogen) atoms. The molecular weight excluding hydrogens is 340 g/mol. The fraction of sp³-hybridized carbons (Fsp3) is 0.0952. The van der Waals surface area contributed by atoms with E-state index in [1.807, 2.05) is 36.4 Å². The first kappa shape index (κ1) is 18.0. The van der Waals surface area contributed by atoms with E-state index in [1.165, 1.54) is 0 Å². The highest BCUT2D eigenvalue weighted by Crippen LogP contribution is 2.20. The fourth-order valence-electron chi connectivity index (χ4n) is 2.49. The minimum Gasteiger partial charge on any atom is -0.497 e. The minimum absolute atomic E-state index is 0.275. The molecule has 6 nitrogen and oxygen atoms in total. The molecular formula is C21H18N4O2. The number of hydrogen-bond donors (Lipinski definition) is 2. The molecule has 1 aromatic heterocycles. The van der Waals surface area contributed by atoms with E-state index < -0.39 is 0 Å². The number of benzene rings is 2. The van der Waals surface area contributed by atoms with Gasteiger partial charge in [0.25, 0.3) is 5.91 Å². The average molecular weight is 358 g/mol. The number of nitrogens with zero attached hydrogens (tertiary/aromatic N) is 2. The Bertz CT molecular complexity index is 978. The van der Waals surface area contributed by atoms with Crippen molar-refractivity contribution in [2.75, 3.05) is 12.4 Å². The van der Waals surface area contributed by atoms with Gasteiger partial charge in [0, 0.05) is 18.4 Å². The quantitative estimate of drug-likeness (QED) is 0.702. The molecule has 3 rings (SSSR count). The lowest BCUT2D eigenvalue weighted by atomic mass is 10.2.